The fourth-order valence-corrected chi connectivity index (χ4v) is 4.36. The number of hydrogen-bond acceptors (Lipinski definition) is 2. The molecule has 0 bridgehead atoms. The van der Waals surface area contributed by atoms with Crippen molar-refractivity contribution < 1.29 is 8.42 Å². The van der Waals surface area contributed by atoms with Crippen LogP contribution >= 0.6 is 0 Å². The van der Waals surface area contributed by atoms with Gasteiger partial charge in [-0.05, 0) is 31.9 Å². The van der Waals surface area contributed by atoms with Gasteiger partial charge in [0.05, 0.1) is 4.90 Å². The Kier molecular flexibility index (Phi) is 3.27. The van der Waals surface area contributed by atoms with E-state index in [1.54, 1.807) is 16.4 Å². The van der Waals surface area contributed by atoms with Gasteiger partial charge in [-0.25, -0.2) is 8.42 Å². The summed E-state index contributed by atoms with van der Waals surface area (Å²) in [4.78, 5) is 0.414. The van der Waals surface area contributed by atoms with Crippen molar-refractivity contribution in [2.75, 3.05) is 0 Å². The molecule has 94 valence electrons. The Morgan fingerprint density at radius 1 is 1.06 bits per heavy atom. The van der Waals surface area contributed by atoms with Crippen LogP contribution in [-0.4, -0.2) is 24.8 Å². The minimum absolute atomic E-state index is 0.200. The molecule has 0 saturated carbocycles. The van der Waals surface area contributed by atoms with Crippen molar-refractivity contribution in [1.82, 2.24) is 4.31 Å². The molecular weight excluding hydrogens is 234 g/mol. The topological polar surface area (TPSA) is 37.1 Å². The molecule has 0 unspecified atom stereocenters. The summed E-state index contributed by atoms with van der Waals surface area (Å²) in [6.45, 7) is 6.04. The standard InChI is InChI=1S/C13H19NO2S/c1-4-12-13(5-2)14(12)17(15,16)11-8-6-10(3)7-9-11/h6-9,12-13H,4-5H2,1-3H3/t12-,13-/m1/s1. The lowest BCUT2D eigenvalue weighted by Crippen LogP contribution is -2.15. The van der Waals surface area contributed by atoms with Crippen molar-refractivity contribution in [3.63, 3.8) is 0 Å². The molecule has 1 fully saturated rings. The Hall–Kier alpha value is -0.870. The quantitative estimate of drug-likeness (QED) is 0.773. The first kappa shape index (κ1) is 12.6. The highest BCUT2D eigenvalue weighted by molar-refractivity contribution is 7.89. The molecule has 0 N–H and O–H groups in total. The SMILES string of the molecule is CC[C@@H]1[C@@H](CC)N1S(=O)(=O)c1ccc(C)cc1. The number of hydrogen-bond donors (Lipinski definition) is 0. The molecule has 0 amide bonds. The van der Waals surface area contributed by atoms with Crippen LogP contribution in [-0.2, 0) is 10.0 Å². The van der Waals surface area contributed by atoms with Gasteiger partial charge in [-0.2, -0.15) is 4.31 Å². The lowest BCUT2D eigenvalue weighted by Gasteiger charge is -2.06. The average Bonchev–Trinajstić information content (AvgIpc) is 3.03. The van der Waals surface area contributed by atoms with E-state index in [-0.39, 0.29) is 12.1 Å². The van der Waals surface area contributed by atoms with Crippen LogP contribution in [0.15, 0.2) is 29.2 Å². The molecule has 1 aliphatic heterocycles. The highest BCUT2D eigenvalue weighted by atomic mass is 32.2. The molecule has 0 spiro atoms. The highest BCUT2D eigenvalue weighted by Crippen LogP contribution is 2.39. The van der Waals surface area contributed by atoms with Gasteiger partial charge in [0.2, 0.25) is 10.0 Å². The highest BCUT2D eigenvalue weighted by Gasteiger charge is 2.52. The van der Waals surface area contributed by atoms with E-state index in [0.717, 1.165) is 18.4 Å². The van der Waals surface area contributed by atoms with E-state index >= 15 is 0 Å². The summed E-state index contributed by atoms with van der Waals surface area (Å²) in [7, 11) is -3.27. The zero-order valence-electron chi connectivity index (χ0n) is 10.6. The molecule has 2 rings (SSSR count). The first-order chi connectivity index (χ1) is 8.02. The van der Waals surface area contributed by atoms with E-state index in [1.165, 1.54) is 0 Å². The van der Waals surface area contributed by atoms with Gasteiger partial charge in [0, 0.05) is 12.1 Å². The Labute approximate surface area is 104 Å². The zero-order chi connectivity index (χ0) is 12.6. The molecule has 0 radical (unpaired) electrons. The monoisotopic (exact) mass is 253 g/mol. The lowest BCUT2D eigenvalue weighted by atomic mass is 10.2. The van der Waals surface area contributed by atoms with Crippen molar-refractivity contribution in [1.29, 1.82) is 0 Å². The van der Waals surface area contributed by atoms with Crippen LogP contribution in [0.25, 0.3) is 0 Å². The molecular formula is C13H19NO2S. The van der Waals surface area contributed by atoms with Gasteiger partial charge in [0.15, 0.2) is 0 Å². The summed E-state index contributed by atoms with van der Waals surface area (Å²) in [5, 5.41) is 0. The second-order valence-electron chi connectivity index (χ2n) is 4.60. The van der Waals surface area contributed by atoms with Crippen LogP contribution < -0.4 is 0 Å². The molecule has 0 aromatic heterocycles. The van der Waals surface area contributed by atoms with Crippen molar-refractivity contribution >= 4 is 10.0 Å². The third-order valence-corrected chi connectivity index (χ3v) is 5.41. The third kappa shape index (κ3) is 2.11. The van der Waals surface area contributed by atoms with Gasteiger partial charge in [-0.3, -0.25) is 0 Å². The van der Waals surface area contributed by atoms with Crippen LogP contribution in [0.2, 0.25) is 0 Å². The van der Waals surface area contributed by atoms with Crippen molar-refractivity contribution in [3.05, 3.63) is 29.8 Å². The van der Waals surface area contributed by atoms with E-state index in [0.29, 0.717) is 4.90 Å². The predicted octanol–water partition coefficient (Wildman–Crippen LogP) is 2.56. The molecule has 2 atom stereocenters. The second kappa shape index (κ2) is 4.42. The number of benzene rings is 1. The normalized spacial score (nSPS) is 28.1. The second-order valence-corrected chi connectivity index (χ2v) is 6.44. The summed E-state index contributed by atoms with van der Waals surface area (Å²) >= 11 is 0. The van der Waals surface area contributed by atoms with Gasteiger partial charge in [-0.1, -0.05) is 31.5 Å². The Balaban J connectivity index is 2.29. The first-order valence-electron chi connectivity index (χ1n) is 6.12. The largest absolute Gasteiger partial charge is 0.243 e. The molecule has 1 heterocycles. The van der Waals surface area contributed by atoms with E-state index in [4.69, 9.17) is 0 Å². The molecule has 4 heteroatoms. The van der Waals surface area contributed by atoms with Crippen LogP contribution in [0.3, 0.4) is 0 Å². The maximum absolute atomic E-state index is 12.4. The number of nitrogens with zero attached hydrogens (tertiary/aromatic N) is 1. The summed E-state index contributed by atoms with van der Waals surface area (Å²) in [5.74, 6) is 0. The summed E-state index contributed by atoms with van der Waals surface area (Å²) in [5.41, 5.74) is 1.08. The van der Waals surface area contributed by atoms with E-state index in [9.17, 15) is 8.42 Å². The van der Waals surface area contributed by atoms with Crippen molar-refractivity contribution in [2.45, 2.75) is 50.6 Å². The van der Waals surface area contributed by atoms with E-state index in [1.807, 2.05) is 32.9 Å². The predicted molar refractivity (Wildman–Crippen MR) is 68.4 cm³/mol. The maximum Gasteiger partial charge on any atom is 0.243 e. The van der Waals surface area contributed by atoms with E-state index < -0.39 is 10.0 Å². The number of rotatable bonds is 4. The van der Waals surface area contributed by atoms with Crippen LogP contribution in [0.1, 0.15) is 32.3 Å². The van der Waals surface area contributed by atoms with Gasteiger partial charge < -0.3 is 0 Å². The smallest absolute Gasteiger partial charge is 0.207 e. The molecule has 1 aliphatic rings. The summed E-state index contributed by atoms with van der Waals surface area (Å²) in [6, 6.07) is 7.49. The number of aryl methyl sites for hydroxylation is 1. The van der Waals surface area contributed by atoms with Crippen LogP contribution in [0.4, 0.5) is 0 Å². The van der Waals surface area contributed by atoms with Gasteiger partial charge in [0.1, 0.15) is 0 Å². The zero-order valence-corrected chi connectivity index (χ0v) is 11.4. The first-order valence-corrected chi connectivity index (χ1v) is 7.56. The molecule has 1 saturated heterocycles. The fourth-order valence-electron chi connectivity index (χ4n) is 2.40. The fraction of sp³-hybridized carbons (Fsp3) is 0.538. The van der Waals surface area contributed by atoms with Crippen molar-refractivity contribution in [2.24, 2.45) is 0 Å². The Morgan fingerprint density at radius 3 is 1.94 bits per heavy atom. The third-order valence-electron chi connectivity index (χ3n) is 3.44. The molecule has 0 aliphatic carbocycles. The van der Waals surface area contributed by atoms with Crippen molar-refractivity contribution in [3.8, 4) is 0 Å². The summed E-state index contributed by atoms with van der Waals surface area (Å²) < 4.78 is 26.4. The van der Waals surface area contributed by atoms with Gasteiger partial charge in [-0.15, -0.1) is 0 Å². The average molecular weight is 253 g/mol. The Bertz CT molecular complexity index is 483. The van der Waals surface area contributed by atoms with E-state index in [2.05, 4.69) is 0 Å². The Morgan fingerprint density at radius 2 is 1.53 bits per heavy atom. The van der Waals surface area contributed by atoms with Gasteiger partial charge >= 0.3 is 0 Å². The molecule has 1 aromatic rings. The minimum atomic E-state index is -3.27. The van der Waals surface area contributed by atoms with Crippen LogP contribution in [0.5, 0.6) is 0 Å². The molecule has 17 heavy (non-hydrogen) atoms. The maximum atomic E-state index is 12.4. The summed E-state index contributed by atoms with van der Waals surface area (Å²) in [6.07, 6.45) is 1.78. The molecule has 1 aromatic carbocycles. The van der Waals surface area contributed by atoms with Crippen LogP contribution in [0, 0.1) is 6.92 Å². The molecule has 3 nitrogen and oxygen atoms in total. The van der Waals surface area contributed by atoms with Gasteiger partial charge in [0.25, 0.3) is 0 Å². The lowest BCUT2D eigenvalue weighted by molar-refractivity contribution is 0.541. The number of sulfonamides is 1. The minimum Gasteiger partial charge on any atom is -0.207 e.